The Kier molecular flexibility index (Phi) is 6.61. The molecule has 26 heavy (non-hydrogen) atoms. The molecule has 0 aliphatic carbocycles. The van der Waals surface area contributed by atoms with Crippen molar-refractivity contribution in [3.8, 4) is 0 Å². The topological polar surface area (TPSA) is 57.3 Å². The average molecular weight is 352 g/mol. The Balaban J connectivity index is 1.46. The van der Waals surface area contributed by atoms with Crippen LogP contribution in [-0.4, -0.2) is 30.0 Å². The molecule has 5 nitrogen and oxygen atoms in total. The summed E-state index contributed by atoms with van der Waals surface area (Å²) in [6.45, 7) is 4.97. The van der Waals surface area contributed by atoms with Crippen LogP contribution in [0.1, 0.15) is 38.2 Å². The van der Waals surface area contributed by atoms with Crippen molar-refractivity contribution in [3.05, 3.63) is 54.2 Å². The van der Waals surface area contributed by atoms with Crippen molar-refractivity contribution in [2.45, 2.75) is 45.2 Å². The zero-order valence-corrected chi connectivity index (χ0v) is 15.4. The predicted octanol–water partition coefficient (Wildman–Crippen LogP) is 3.58. The maximum Gasteiger partial charge on any atom is 0.225 e. The fraction of sp³-hybridized carbons (Fsp3) is 0.429. The Morgan fingerprint density at radius 2 is 1.92 bits per heavy atom. The van der Waals surface area contributed by atoms with E-state index in [9.17, 15) is 4.79 Å². The second-order valence-corrected chi connectivity index (χ2v) is 6.97. The lowest BCUT2D eigenvalue weighted by atomic mass is 10.1. The lowest BCUT2D eigenvalue weighted by molar-refractivity contribution is -0.116. The normalized spacial score (nSPS) is 15.5. The minimum absolute atomic E-state index is 0.0277. The number of hydrogen-bond donors (Lipinski definition) is 2. The first kappa shape index (κ1) is 18.4. The van der Waals surface area contributed by atoms with Crippen LogP contribution in [0.4, 0.5) is 11.5 Å². The Morgan fingerprint density at radius 1 is 1.15 bits per heavy atom. The number of pyridine rings is 1. The molecule has 2 N–H and O–H groups in total. The molecule has 1 amide bonds. The third-order valence-corrected chi connectivity index (χ3v) is 4.69. The van der Waals surface area contributed by atoms with Gasteiger partial charge in [-0.15, -0.1) is 0 Å². The number of nitrogens with zero attached hydrogens (tertiary/aromatic N) is 2. The van der Waals surface area contributed by atoms with E-state index in [0.29, 0.717) is 6.42 Å². The van der Waals surface area contributed by atoms with Crippen LogP contribution >= 0.6 is 0 Å². The van der Waals surface area contributed by atoms with E-state index in [-0.39, 0.29) is 11.9 Å². The number of rotatable bonds is 7. The van der Waals surface area contributed by atoms with Crippen molar-refractivity contribution >= 4 is 17.4 Å². The molecular weight excluding hydrogens is 324 g/mol. The van der Waals surface area contributed by atoms with Crippen LogP contribution < -0.4 is 15.5 Å². The number of amides is 1. The quantitative estimate of drug-likeness (QED) is 0.800. The number of piperidine rings is 1. The van der Waals surface area contributed by atoms with E-state index in [0.717, 1.165) is 31.1 Å². The van der Waals surface area contributed by atoms with Gasteiger partial charge in [0, 0.05) is 44.0 Å². The largest absolute Gasteiger partial charge is 0.357 e. The molecule has 0 bridgehead atoms. The minimum atomic E-state index is 0.0277. The molecule has 1 fully saturated rings. The molecule has 2 heterocycles. The Bertz CT molecular complexity index is 698. The van der Waals surface area contributed by atoms with E-state index in [2.05, 4.69) is 26.6 Å². The first-order valence-electron chi connectivity index (χ1n) is 9.49. The molecule has 1 saturated heterocycles. The molecule has 1 aromatic heterocycles. The number of carbonyl (C=O) groups excluding carboxylic acids is 1. The van der Waals surface area contributed by atoms with Gasteiger partial charge in [-0.2, -0.15) is 0 Å². The highest BCUT2D eigenvalue weighted by Gasteiger charge is 2.13. The van der Waals surface area contributed by atoms with Crippen LogP contribution in [0.25, 0.3) is 0 Å². The second-order valence-electron chi connectivity index (χ2n) is 6.97. The minimum Gasteiger partial charge on any atom is -0.357 e. The number of benzene rings is 1. The monoisotopic (exact) mass is 352 g/mol. The molecule has 0 unspecified atom stereocenters. The summed E-state index contributed by atoms with van der Waals surface area (Å²) < 4.78 is 0. The molecule has 1 atom stereocenters. The van der Waals surface area contributed by atoms with Gasteiger partial charge in [-0.05, 0) is 56.0 Å². The first-order chi connectivity index (χ1) is 12.7. The molecule has 2 aromatic rings. The molecular formula is C21H28N4O. The average Bonchev–Trinajstić information content (AvgIpc) is 2.68. The summed E-state index contributed by atoms with van der Waals surface area (Å²) in [7, 11) is 0. The van der Waals surface area contributed by atoms with Crippen LogP contribution in [0.15, 0.2) is 48.7 Å². The molecule has 1 aliphatic heterocycles. The molecule has 138 valence electrons. The van der Waals surface area contributed by atoms with Gasteiger partial charge in [0.05, 0.1) is 0 Å². The van der Waals surface area contributed by atoms with Gasteiger partial charge in [0.2, 0.25) is 5.91 Å². The summed E-state index contributed by atoms with van der Waals surface area (Å²) in [5.41, 5.74) is 2.04. The fourth-order valence-corrected chi connectivity index (χ4v) is 3.24. The highest BCUT2D eigenvalue weighted by atomic mass is 16.1. The molecule has 0 radical (unpaired) electrons. The summed E-state index contributed by atoms with van der Waals surface area (Å²) in [5, 5.41) is 6.37. The van der Waals surface area contributed by atoms with Gasteiger partial charge in [0.1, 0.15) is 5.82 Å². The van der Waals surface area contributed by atoms with Gasteiger partial charge in [0.15, 0.2) is 0 Å². The van der Waals surface area contributed by atoms with Gasteiger partial charge in [0.25, 0.3) is 0 Å². The number of hydrogen-bond acceptors (Lipinski definition) is 4. The van der Waals surface area contributed by atoms with Crippen molar-refractivity contribution in [1.29, 1.82) is 0 Å². The van der Waals surface area contributed by atoms with Crippen molar-refractivity contribution < 1.29 is 4.79 Å². The first-order valence-corrected chi connectivity index (χ1v) is 9.49. The third-order valence-electron chi connectivity index (χ3n) is 4.69. The smallest absolute Gasteiger partial charge is 0.225 e. The lowest BCUT2D eigenvalue weighted by Gasteiger charge is -2.28. The zero-order valence-electron chi connectivity index (χ0n) is 15.4. The van der Waals surface area contributed by atoms with Crippen molar-refractivity contribution in [1.82, 2.24) is 10.3 Å². The highest BCUT2D eigenvalue weighted by Crippen LogP contribution is 2.18. The van der Waals surface area contributed by atoms with Gasteiger partial charge in [-0.25, -0.2) is 4.98 Å². The number of carbonyl (C=O) groups is 1. The van der Waals surface area contributed by atoms with E-state index in [1.807, 2.05) is 49.5 Å². The molecule has 1 aliphatic rings. The van der Waals surface area contributed by atoms with E-state index in [1.54, 1.807) is 0 Å². The Labute approximate surface area is 155 Å². The van der Waals surface area contributed by atoms with E-state index >= 15 is 0 Å². The molecule has 3 rings (SSSR count). The van der Waals surface area contributed by atoms with Crippen LogP contribution in [0.2, 0.25) is 0 Å². The predicted molar refractivity (Wildman–Crippen MR) is 106 cm³/mol. The number of para-hydroxylation sites is 1. The standard InChI is InChI=1S/C21H28N4O/c1-17(14-21(26)24-19-8-4-2-5-9-19)23-16-18-10-11-22-20(15-18)25-12-6-3-7-13-25/h2,4-5,8-11,15,17,23H,3,6-7,12-14,16H2,1H3,(H,24,26)/t17-/m0/s1. The molecule has 1 aromatic carbocycles. The fourth-order valence-electron chi connectivity index (χ4n) is 3.24. The summed E-state index contributed by atoms with van der Waals surface area (Å²) in [6.07, 6.45) is 6.14. The number of nitrogens with one attached hydrogen (secondary N) is 2. The summed E-state index contributed by atoms with van der Waals surface area (Å²) in [5.74, 6) is 1.10. The van der Waals surface area contributed by atoms with Gasteiger partial charge in [-0.3, -0.25) is 4.79 Å². The van der Waals surface area contributed by atoms with Crippen LogP contribution in [-0.2, 0) is 11.3 Å². The van der Waals surface area contributed by atoms with E-state index < -0.39 is 0 Å². The molecule has 0 spiro atoms. The second kappa shape index (κ2) is 9.34. The zero-order chi connectivity index (χ0) is 18.2. The maximum absolute atomic E-state index is 12.1. The Morgan fingerprint density at radius 3 is 2.69 bits per heavy atom. The van der Waals surface area contributed by atoms with Crippen molar-refractivity contribution in [2.75, 3.05) is 23.3 Å². The van der Waals surface area contributed by atoms with Gasteiger partial charge >= 0.3 is 0 Å². The summed E-state index contributed by atoms with van der Waals surface area (Å²) in [4.78, 5) is 19.0. The SMILES string of the molecule is C[C@@H](CC(=O)Nc1ccccc1)NCc1ccnc(N2CCCCC2)c1. The highest BCUT2D eigenvalue weighted by molar-refractivity contribution is 5.90. The number of anilines is 2. The third kappa shape index (κ3) is 5.56. The van der Waals surface area contributed by atoms with E-state index in [1.165, 1.54) is 24.8 Å². The lowest BCUT2D eigenvalue weighted by Crippen LogP contribution is -2.31. The number of aromatic nitrogens is 1. The van der Waals surface area contributed by atoms with Crippen LogP contribution in [0, 0.1) is 0 Å². The van der Waals surface area contributed by atoms with Crippen molar-refractivity contribution in [3.63, 3.8) is 0 Å². The van der Waals surface area contributed by atoms with Gasteiger partial charge in [-0.1, -0.05) is 18.2 Å². The Hall–Kier alpha value is -2.40. The van der Waals surface area contributed by atoms with Crippen LogP contribution in [0.5, 0.6) is 0 Å². The summed E-state index contributed by atoms with van der Waals surface area (Å²) in [6, 6.07) is 13.9. The van der Waals surface area contributed by atoms with E-state index in [4.69, 9.17) is 0 Å². The molecule has 0 saturated carbocycles. The maximum atomic E-state index is 12.1. The summed E-state index contributed by atoms with van der Waals surface area (Å²) >= 11 is 0. The molecule has 5 heteroatoms. The van der Waals surface area contributed by atoms with Crippen LogP contribution in [0.3, 0.4) is 0 Å². The van der Waals surface area contributed by atoms with Gasteiger partial charge < -0.3 is 15.5 Å². The van der Waals surface area contributed by atoms with Crippen molar-refractivity contribution in [2.24, 2.45) is 0 Å².